The third-order valence-corrected chi connectivity index (χ3v) is 3.84. The van der Waals surface area contributed by atoms with Crippen LogP contribution in [0.15, 0.2) is 57.7 Å². The molecular formula is C19H19N3O3. The lowest BCUT2D eigenvalue weighted by molar-refractivity contribution is 0.102. The Kier molecular flexibility index (Phi) is 4.27. The largest absolute Gasteiger partial charge is 0.434 e. The molecule has 0 bridgehead atoms. The van der Waals surface area contributed by atoms with E-state index in [-0.39, 0.29) is 17.2 Å². The molecule has 0 aliphatic heterocycles. The lowest BCUT2D eigenvalue weighted by Gasteiger charge is -2.19. The minimum absolute atomic E-state index is 0.0477. The van der Waals surface area contributed by atoms with Crippen molar-refractivity contribution in [3.05, 3.63) is 70.2 Å². The van der Waals surface area contributed by atoms with Crippen LogP contribution in [-0.4, -0.2) is 16.1 Å². The molecule has 0 fully saturated rings. The highest BCUT2D eigenvalue weighted by Crippen LogP contribution is 2.23. The summed E-state index contributed by atoms with van der Waals surface area (Å²) in [4.78, 5) is 23.3. The van der Waals surface area contributed by atoms with Gasteiger partial charge in [0.05, 0.1) is 0 Å². The highest BCUT2D eigenvalue weighted by atomic mass is 16.4. The van der Waals surface area contributed by atoms with E-state index in [1.165, 1.54) is 5.56 Å². The van der Waals surface area contributed by atoms with Crippen molar-refractivity contribution in [1.82, 2.24) is 10.2 Å². The zero-order valence-corrected chi connectivity index (χ0v) is 14.3. The second kappa shape index (κ2) is 6.39. The first-order valence-electron chi connectivity index (χ1n) is 7.91. The predicted octanol–water partition coefficient (Wildman–Crippen LogP) is 3.58. The van der Waals surface area contributed by atoms with Gasteiger partial charge in [-0.3, -0.25) is 4.79 Å². The molecule has 2 N–H and O–H groups in total. The molecule has 3 aromatic rings. The average Bonchev–Trinajstić information content (AvgIpc) is 3.01. The molecule has 0 spiro atoms. The number of nitrogens with one attached hydrogen (secondary N) is 2. The smallest absolute Gasteiger partial charge is 0.388 e. The fourth-order valence-electron chi connectivity index (χ4n) is 2.37. The van der Waals surface area contributed by atoms with E-state index in [9.17, 15) is 9.59 Å². The predicted molar refractivity (Wildman–Crippen MR) is 95.7 cm³/mol. The van der Waals surface area contributed by atoms with Crippen molar-refractivity contribution in [1.29, 1.82) is 0 Å². The number of carbonyl (C=O) groups is 1. The van der Waals surface area contributed by atoms with Crippen LogP contribution in [0.1, 0.15) is 36.7 Å². The van der Waals surface area contributed by atoms with E-state index in [1.54, 1.807) is 24.3 Å². The van der Waals surface area contributed by atoms with E-state index < -0.39 is 5.76 Å². The lowest BCUT2D eigenvalue weighted by atomic mass is 9.87. The highest BCUT2D eigenvalue weighted by Gasteiger charge is 2.14. The number of benzene rings is 2. The van der Waals surface area contributed by atoms with Gasteiger partial charge >= 0.3 is 5.76 Å². The number of aromatic nitrogens is 2. The number of hydrogen-bond donors (Lipinski definition) is 2. The molecule has 0 radical (unpaired) electrons. The van der Waals surface area contributed by atoms with Gasteiger partial charge in [0.25, 0.3) is 5.91 Å². The molecule has 1 heterocycles. The molecule has 1 aromatic heterocycles. The molecule has 0 saturated heterocycles. The maximum Gasteiger partial charge on any atom is 0.434 e. The first kappa shape index (κ1) is 16.7. The van der Waals surface area contributed by atoms with Crippen molar-refractivity contribution in [2.75, 3.05) is 5.32 Å². The van der Waals surface area contributed by atoms with Gasteiger partial charge in [-0.1, -0.05) is 32.9 Å². The van der Waals surface area contributed by atoms with Crippen molar-refractivity contribution in [2.45, 2.75) is 26.2 Å². The van der Waals surface area contributed by atoms with Crippen molar-refractivity contribution in [3.63, 3.8) is 0 Å². The Labute approximate surface area is 144 Å². The van der Waals surface area contributed by atoms with Gasteiger partial charge in [-0.05, 0) is 47.4 Å². The summed E-state index contributed by atoms with van der Waals surface area (Å²) in [6.45, 7) is 6.39. The number of hydrogen-bond acceptors (Lipinski definition) is 4. The summed E-state index contributed by atoms with van der Waals surface area (Å²) in [5.41, 5.74) is 3.10. The number of amides is 1. The monoisotopic (exact) mass is 337 g/mol. The Balaban J connectivity index is 1.71. The Bertz CT molecular complexity index is 930. The Morgan fingerprint density at radius 1 is 1.04 bits per heavy atom. The van der Waals surface area contributed by atoms with E-state index in [0.29, 0.717) is 16.8 Å². The minimum Gasteiger partial charge on any atom is -0.388 e. The maximum absolute atomic E-state index is 12.3. The molecule has 0 saturated carbocycles. The van der Waals surface area contributed by atoms with Crippen molar-refractivity contribution in [2.24, 2.45) is 0 Å². The van der Waals surface area contributed by atoms with Crippen LogP contribution in [0.2, 0.25) is 0 Å². The van der Waals surface area contributed by atoms with Crippen LogP contribution in [0.3, 0.4) is 0 Å². The normalized spacial score (nSPS) is 11.3. The molecule has 3 rings (SSSR count). The second-order valence-corrected chi connectivity index (χ2v) is 6.78. The van der Waals surface area contributed by atoms with Crippen LogP contribution in [0.25, 0.3) is 11.5 Å². The molecule has 0 atom stereocenters. The number of aromatic amines is 1. The average molecular weight is 337 g/mol. The van der Waals surface area contributed by atoms with Gasteiger partial charge < -0.3 is 9.73 Å². The summed E-state index contributed by atoms with van der Waals surface area (Å²) in [6.07, 6.45) is 0. The molecule has 6 heteroatoms. The Morgan fingerprint density at radius 2 is 1.68 bits per heavy atom. The van der Waals surface area contributed by atoms with Gasteiger partial charge in [-0.2, -0.15) is 0 Å². The van der Waals surface area contributed by atoms with Crippen molar-refractivity contribution >= 4 is 11.6 Å². The van der Waals surface area contributed by atoms with Gasteiger partial charge in [0.2, 0.25) is 5.89 Å². The lowest BCUT2D eigenvalue weighted by Crippen LogP contribution is -2.14. The Hall–Kier alpha value is -3.15. The standard InChI is InChI=1S/C19H19N3O3/c1-19(2,3)14-8-4-12(5-9-14)16(23)20-15-10-6-13(7-11-15)17-21-22-18(24)25-17/h4-11H,1-3H3,(H,20,23)(H,22,24). The summed E-state index contributed by atoms with van der Waals surface area (Å²) < 4.78 is 4.89. The molecule has 1 amide bonds. The van der Waals surface area contributed by atoms with Crippen molar-refractivity contribution in [3.8, 4) is 11.5 Å². The molecular weight excluding hydrogens is 318 g/mol. The van der Waals surface area contributed by atoms with Crippen LogP contribution in [0, 0.1) is 0 Å². The fourth-order valence-corrected chi connectivity index (χ4v) is 2.37. The summed E-state index contributed by atoms with van der Waals surface area (Å²) in [6, 6.07) is 14.5. The quantitative estimate of drug-likeness (QED) is 0.764. The fraction of sp³-hybridized carbons (Fsp3) is 0.211. The molecule has 2 aromatic carbocycles. The minimum atomic E-state index is -0.605. The summed E-state index contributed by atoms with van der Waals surface area (Å²) in [5.74, 6) is -0.578. The van der Waals surface area contributed by atoms with Crippen LogP contribution in [0.4, 0.5) is 5.69 Å². The van der Waals surface area contributed by atoms with Gasteiger partial charge in [0.1, 0.15) is 0 Å². The van der Waals surface area contributed by atoms with Crippen LogP contribution < -0.4 is 11.1 Å². The third kappa shape index (κ3) is 3.85. The molecule has 128 valence electrons. The number of anilines is 1. The van der Waals surface area contributed by atoms with Crippen LogP contribution >= 0.6 is 0 Å². The van der Waals surface area contributed by atoms with Crippen LogP contribution in [0.5, 0.6) is 0 Å². The number of carbonyl (C=O) groups excluding carboxylic acids is 1. The molecule has 0 unspecified atom stereocenters. The topological polar surface area (TPSA) is 88.0 Å². The highest BCUT2D eigenvalue weighted by molar-refractivity contribution is 6.04. The summed E-state index contributed by atoms with van der Waals surface area (Å²) >= 11 is 0. The number of nitrogens with zero attached hydrogens (tertiary/aromatic N) is 1. The van der Waals surface area contributed by atoms with E-state index in [0.717, 1.165) is 0 Å². The van der Waals surface area contributed by atoms with E-state index in [2.05, 4.69) is 36.3 Å². The molecule has 0 aliphatic rings. The summed E-state index contributed by atoms with van der Waals surface area (Å²) in [5, 5.41) is 8.81. The SMILES string of the molecule is CC(C)(C)c1ccc(C(=O)Nc2ccc(-c3n[nH]c(=O)o3)cc2)cc1. The van der Waals surface area contributed by atoms with Crippen molar-refractivity contribution < 1.29 is 9.21 Å². The molecule has 25 heavy (non-hydrogen) atoms. The molecule has 6 nitrogen and oxygen atoms in total. The third-order valence-electron chi connectivity index (χ3n) is 3.84. The zero-order valence-electron chi connectivity index (χ0n) is 14.3. The number of rotatable bonds is 3. The second-order valence-electron chi connectivity index (χ2n) is 6.78. The van der Waals surface area contributed by atoms with E-state index >= 15 is 0 Å². The van der Waals surface area contributed by atoms with E-state index in [4.69, 9.17) is 4.42 Å². The van der Waals surface area contributed by atoms with Crippen LogP contribution in [-0.2, 0) is 5.41 Å². The van der Waals surface area contributed by atoms with Gasteiger partial charge in [-0.25, -0.2) is 9.89 Å². The molecule has 0 aliphatic carbocycles. The first-order chi connectivity index (χ1) is 11.8. The maximum atomic E-state index is 12.3. The first-order valence-corrected chi connectivity index (χ1v) is 7.91. The van der Waals surface area contributed by atoms with Gasteiger partial charge in [0, 0.05) is 16.8 Å². The number of H-pyrrole nitrogens is 1. The summed E-state index contributed by atoms with van der Waals surface area (Å²) in [7, 11) is 0. The van der Waals surface area contributed by atoms with E-state index in [1.807, 2.05) is 24.3 Å². The zero-order chi connectivity index (χ0) is 18.0. The Morgan fingerprint density at radius 3 is 2.20 bits per heavy atom. The van der Waals surface area contributed by atoms with Gasteiger partial charge in [0.15, 0.2) is 0 Å². The van der Waals surface area contributed by atoms with Gasteiger partial charge in [-0.15, -0.1) is 5.10 Å².